The van der Waals surface area contributed by atoms with Crippen molar-refractivity contribution in [2.75, 3.05) is 7.05 Å². The third kappa shape index (κ3) is 3.38. The van der Waals surface area contributed by atoms with E-state index in [1.165, 1.54) is 11.1 Å². The lowest BCUT2D eigenvalue weighted by Crippen LogP contribution is -2.18. The summed E-state index contributed by atoms with van der Waals surface area (Å²) in [7, 11) is 1.99. The zero-order valence-electron chi connectivity index (χ0n) is 9.73. The van der Waals surface area contributed by atoms with Gasteiger partial charge in [-0.15, -0.1) is 0 Å². The van der Waals surface area contributed by atoms with Gasteiger partial charge in [0.25, 0.3) is 0 Å². The minimum atomic E-state index is 0.333. The first kappa shape index (κ1) is 12.3. The van der Waals surface area contributed by atoms with Crippen LogP contribution in [0.4, 0.5) is 0 Å². The normalized spacial score (nSPS) is 12.4. The van der Waals surface area contributed by atoms with Gasteiger partial charge in [0.05, 0.1) is 0 Å². The minimum Gasteiger partial charge on any atom is -0.313 e. The van der Waals surface area contributed by atoms with Crippen molar-refractivity contribution in [3.8, 4) is 0 Å². The molecule has 0 fully saturated rings. The van der Waals surface area contributed by atoms with E-state index in [1.54, 1.807) is 0 Å². The average Bonchev–Trinajstić information content (AvgIpc) is 2.39. The van der Waals surface area contributed by atoms with Crippen molar-refractivity contribution in [3.63, 3.8) is 0 Å². The van der Waals surface area contributed by atoms with Crippen LogP contribution in [0.5, 0.6) is 0 Å². The Morgan fingerprint density at radius 2 is 1.76 bits per heavy atom. The molecule has 17 heavy (non-hydrogen) atoms. The quantitative estimate of drug-likeness (QED) is 0.934. The molecule has 0 bridgehead atoms. The van der Waals surface area contributed by atoms with E-state index in [2.05, 4.69) is 62.6 Å². The van der Waals surface area contributed by atoms with Gasteiger partial charge in [-0.25, -0.2) is 0 Å². The van der Waals surface area contributed by atoms with Crippen LogP contribution in [0, 0.1) is 0 Å². The highest BCUT2D eigenvalue weighted by atomic mass is 79.9. The number of hydrogen-bond donors (Lipinski definition) is 1. The van der Waals surface area contributed by atoms with Gasteiger partial charge in [0, 0.05) is 22.9 Å². The molecule has 1 unspecified atom stereocenters. The van der Waals surface area contributed by atoms with E-state index in [0.29, 0.717) is 6.04 Å². The van der Waals surface area contributed by atoms with Crippen LogP contribution in [0.15, 0.2) is 53.3 Å². The largest absolute Gasteiger partial charge is 0.313 e. The topological polar surface area (TPSA) is 24.9 Å². The van der Waals surface area contributed by atoms with Crippen LogP contribution in [0.3, 0.4) is 0 Å². The third-order valence-corrected chi connectivity index (χ3v) is 3.34. The molecular weight excluding hydrogens is 276 g/mol. The lowest BCUT2D eigenvalue weighted by molar-refractivity contribution is 0.591. The summed E-state index contributed by atoms with van der Waals surface area (Å²) in [4.78, 5) is 4.05. The summed E-state index contributed by atoms with van der Waals surface area (Å²) in [6, 6.07) is 12.9. The summed E-state index contributed by atoms with van der Waals surface area (Å²) in [5.41, 5.74) is 2.59. The molecule has 0 aliphatic carbocycles. The molecule has 0 radical (unpaired) electrons. The lowest BCUT2D eigenvalue weighted by Gasteiger charge is -2.16. The highest BCUT2D eigenvalue weighted by Gasteiger charge is 2.09. The Morgan fingerprint density at radius 3 is 2.35 bits per heavy atom. The van der Waals surface area contributed by atoms with Crippen molar-refractivity contribution >= 4 is 15.9 Å². The maximum absolute atomic E-state index is 4.05. The van der Waals surface area contributed by atoms with E-state index >= 15 is 0 Å². The van der Waals surface area contributed by atoms with Crippen LogP contribution >= 0.6 is 15.9 Å². The smallest absolute Gasteiger partial charge is 0.0359 e. The van der Waals surface area contributed by atoms with Gasteiger partial charge in [-0.1, -0.05) is 28.1 Å². The molecule has 1 aromatic carbocycles. The van der Waals surface area contributed by atoms with Gasteiger partial charge in [0.1, 0.15) is 0 Å². The maximum atomic E-state index is 4.05. The number of halogens is 1. The summed E-state index contributed by atoms with van der Waals surface area (Å²) in [6.45, 7) is 0. The molecule has 1 N–H and O–H groups in total. The van der Waals surface area contributed by atoms with Gasteiger partial charge in [-0.2, -0.15) is 0 Å². The summed E-state index contributed by atoms with van der Waals surface area (Å²) in [5, 5.41) is 3.34. The summed E-state index contributed by atoms with van der Waals surface area (Å²) in [5.74, 6) is 0. The summed E-state index contributed by atoms with van der Waals surface area (Å²) >= 11 is 3.45. The van der Waals surface area contributed by atoms with Crippen molar-refractivity contribution in [1.29, 1.82) is 0 Å². The SMILES string of the molecule is CNC(Cc1ccc(Br)cc1)c1ccncc1. The van der Waals surface area contributed by atoms with E-state index in [9.17, 15) is 0 Å². The van der Waals surface area contributed by atoms with Crippen LogP contribution in [-0.2, 0) is 6.42 Å². The van der Waals surface area contributed by atoms with Crippen LogP contribution in [-0.4, -0.2) is 12.0 Å². The first-order valence-electron chi connectivity index (χ1n) is 5.61. The van der Waals surface area contributed by atoms with Crippen molar-refractivity contribution in [1.82, 2.24) is 10.3 Å². The lowest BCUT2D eigenvalue weighted by atomic mass is 10.00. The van der Waals surface area contributed by atoms with Gasteiger partial charge in [-0.05, 0) is 48.9 Å². The molecule has 0 aliphatic rings. The fraction of sp³-hybridized carbons (Fsp3) is 0.214. The number of rotatable bonds is 4. The number of likely N-dealkylation sites (N-methyl/N-ethyl adjacent to an activating group) is 1. The van der Waals surface area contributed by atoms with Crippen molar-refractivity contribution < 1.29 is 0 Å². The van der Waals surface area contributed by atoms with Crippen LogP contribution < -0.4 is 5.32 Å². The van der Waals surface area contributed by atoms with E-state index in [4.69, 9.17) is 0 Å². The van der Waals surface area contributed by atoms with Crippen molar-refractivity contribution in [3.05, 3.63) is 64.4 Å². The maximum Gasteiger partial charge on any atom is 0.0359 e. The van der Waals surface area contributed by atoms with Crippen molar-refractivity contribution in [2.24, 2.45) is 0 Å². The average molecular weight is 291 g/mol. The first-order valence-corrected chi connectivity index (χ1v) is 6.40. The predicted octanol–water partition coefficient (Wildman–Crippen LogP) is 3.35. The fourth-order valence-corrected chi connectivity index (χ4v) is 2.10. The Kier molecular flexibility index (Phi) is 4.29. The molecule has 0 aliphatic heterocycles. The van der Waals surface area contributed by atoms with Gasteiger partial charge >= 0.3 is 0 Å². The molecule has 88 valence electrons. The second-order valence-electron chi connectivity index (χ2n) is 3.95. The molecular formula is C14H15BrN2. The predicted molar refractivity (Wildman–Crippen MR) is 73.9 cm³/mol. The molecule has 2 aromatic rings. The molecule has 1 atom stereocenters. The van der Waals surface area contributed by atoms with Gasteiger partial charge < -0.3 is 5.32 Å². The van der Waals surface area contributed by atoms with E-state index in [-0.39, 0.29) is 0 Å². The molecule has 1 heterocycles. The Labute approximate surface area is 110 Å². The highest BCUT2D eigenvalue weighted by Crippen LogP contribution is 2.19. The van der Waals surface area contributed by atoms with Gasteiger partial charge in [0.2, 0.25) is 0 Å². The number of pyridine rings is 1. The number of nitrogens with zero attached hydrogens (tertiary/aromatic N) is 1. The summed E-state index contributed by atoms with van der Waals surface area (Å²) < 4.78 is 1.12. The third-order valence-electron chi connectivity index (χ3n) is 2.81. The van der Waals surface area contributed by atoms with Crippen molar-refractivity contribution in [2.45, 2.75) is 12.5 Å². The molecule has 0 spiro atoms. The zero-order valence-corrected chi connectivity index (χ0v) is 11.3. The monoisotopic (exact) mass is 290 g/mol. The molecule has 1 aromatic heterocycles. The second kappa shape index (κ2) is 5.94. The molecule has 2 nitrogen and oxygen atoms in total. The molecule has 0 saturated carbocycles. The number of benzene rings is 1. The second-order valence-corrected chi connectivity index (χ2v) is 4.87. The fourth-order valence-electron chi connectivity index (χ4n) is 1.84. The molecule has 3 heteroatoms. The zero-order chi connectivity index (χ0) is 12.1. The minimum absolute atomic E-state index is 0.333. The Morgan fingerprint density at radius 1 is 1.12 bits per heavy atom. The first-order chi connectivity index (χ1) is 8.29. The van der Waals surface area contributed by atoms with Crippen LogP contribution in [0.1, 0.15) is 17.2 Å². The van der Waals surface area contributed by atoms with E-state index in [0.717, 1.165) is 10.9 Å². The Bertz CT molecular complexity index is 453. The van der Waals surface area contributed by atoms with Crippen LogP contribution in [0.25, 0.3) is 0 Å². The standard InChI is InChI=1S/C14H15BrN2/c1-16-14(12-6-8-17-9-7-12)10-11-2-4-13(15)5-3-11/h2-9,14,16H,10H2,1H3. The van der Waals surface area contributed by atoms with Gasteiger partial charge in [-0.3, -0.25) is 4.98 Å². The number of aromatic nitrogens is 1. The Balaban J connectivity index is 2.13. The number of hydrogen-bond acceptors (Lipinski definition) is 2. The van der Waals surface area contributed by atoms with E-state index in [1.807, 2.05) is 19.4 Å². The molecule has 0 amide bonds. The number of nitrogens with one attached hydrogen (secondary N) is 1. The van der Waals surface area contributed by atoms with E-state index < -0.39 is 0 Å². The molecule has 2 rings (SSSR count). The van der Waals surface area contributed by atoms with Crippen LogP contribution in [0.2, 0.25) is 0 Å². The van der Waals surface area contributed by atoms with Gasteiger partial charge in [0.15, 0.2) is 0 Å². The summed E-state index contributed by atoms with van der Waals surface area (Å²) in [6.07, 6.45) is 4.65. The molecule has 0 saturated heterocycles. The Hall–Kier alpha value is -1.19. The highest BCUT2D eigenvalue weighted by molar-refractivity contribution is 9.10.